The fraction of sp³-hybridized carbons (Fsp3) is 0.538. The van der Waals surface area contributed by atoms with Crippen molar-refractivity contribution in [1.29, 1.82) is 0 Å². The summed E-state index contributed by atoms with van der Waals surface area (Å²) in [4.78, 5) is 28.1. The Morgan fingerprint density at radius 2 is 2.28 bits per heavy atom. The van der Waals surface area contributed by atoms with Gasteiger partial charge in [0.2, 0.25) is 0 Å². The van der Waals surface area contributed by atoms with Crippen molar-refractivity contribution in [2.45, 2.75) is 26.4 Å². The molecule has 2 unspecified atom stereocenters. The predicted octanol–water partition coefficient (Wildman–Crippen LogP) is 0.526. The number of aliphatic hydroxyl groups excluding tert-OH is 1. The number of nitrogens with zero attached hydrogens (tertiary/aromatic N) is 1. The highest BCUT2D eigenvalue weighted by Crippen LogP contribution is 2.18. The van der Waals surface area contributed by atoms with Gasteiger partial charge in [0, 0.05) is 19.3 Å². The molecule has 1 aliphatic heterocycles. The number of β-amino-alcohol motifs (C(OH)–C–C–N with tert-alkyl or cyclic N) is 1. The molecule has 0 saturated carbocycles. The zero-order valence-corrected chi connectivity index (χ0v) is 10.6. The number of pyridine rings is 1. The average Bonchev–Trinajstić information content (AvgIpc) is 2.32. The molecule has 0 aromatic carbocycles. The van der Waals surface area contributed by atoms with E-state index < -0.39 is 6.10 Å². The van der Waals surface area contributed by atoms with Gasteiger partial charge in [0.25, 0.3) is 11.5 Å². The van der Waals surface area contributed by atoms with Gasteiger partial charge in [-0.05, 0) is 30.9 Å². The van der Waals surface area contributed by atoms with Crippen molar-refractivity contribution in [3.8, 4) is 0 Å². The van der Waals surface area contributed by atoms with Gasteiger partial charge in [-0.25, -0.2) is 0 Å². The molecule has 98 valence electrons. The zero-order valence-electron chi connectivity index (χ0n) is 10.6. The molecule has 1 aliphatic rings. The number of hydrogen-bond acceptors (Lipinski definition) is 3. The number of rotatable bonds is 1. The predicted molar refractivity (Wildman–Crippen MR) is 67.5 cm³/mol. The van der Waals surface area contributed by atoms with E-state index in [0.717, 1.165) is 6.42 Å². The molecule has 5 nitrogen and oxygen atoms in total. The van der Waals surface area contributed by atoms with Crippen LogP contribution in [0.15, 0.2) is 17.1 Å². The number of aromatic nitrogens is 1. The fourth-order valence-electron chi connectivity index (χ4n) is 2.23. The third kappa shape index (κ3) is 2.31. The summed E-state index contributed by atoms with van der Waals surface area (Å²) in [5.74, 6) is -0.0931. The number of likely N-dealkylation sites (tertiary alicyclic amines) is 1. The lowest BCUT2D eigenvalue weighted by Crippen LogP contribution is -2.47. The van der Waals surface area contributed by atoms with Crippen LogP contribution >= 0.6 is 0 Å². The van der Waals surface area contributed by atoms with Crippen molar-refractivity contribution in [1.82, 2.24) is 9.88 Å². The van der Waals surface area contributed by atoms with Gasteiger partial charge in [-0.3, -0.25) is 9.59 Å². The van der Waals surface area contributed by atoms with Crippen LogP contribution in [0, 0.1) is 12.8 Å². The van der Waals surface area contributed by atoms with Crippen molar-refractivity contribution in [3.63, 3.8) is 0 Å². The molecule has 2 rings (SSSR count). The lowest BCUT2D eigenvalue weighted by molar-refractivity contribution is 0.0247. The number of amides is 1. The first-order chi connectivity index (χ1) is 8.50. The van der Waals surface area contributed by atoms with Crippen LogP contribution in [0.4, 0.5) is 0 Å². The van der Waals surface area contributed by atoms with E-state index in [1.54, 1.807) is 17.9 Å². The van der Waals surface area contributed by atoms with E-state index in [1.807, 2.05) is 6.92 Å². The third-order valence-corrected chi connectivity index (χ3v) is 3.59. The van der Waals surface area contributed by atoms with Crippen LogP contribution in [0.3, 0.4) is 0 Å². The van der Waals surface area contributed by atoms with Gasteiger partial charge < -0.3 is 15.0 Å². The Bertz CT molecular complexity index is 509. The molecule has 2 heterocycles. The first-order valence-corrected chi connectivity index (χ1v) is 6.16. The summed E-state index contributed by atoms with van der Waals surface area (Å²) in [7, 11) is 0. The number of hydrogen-bond donors (Lipinski definition) is 2. The molecule has 18 heavy (non-hydrogen) atoms. The maximum atomic E-state index is 12.3. The quantitative estimate of drug-likeness (QED) is 0.763. The summed E-state index contributed by atoms with van der Waals surface area (Å²) in [6, 6.07) is 1.71. The Morgan fingerprint density at radius 3 is 2.89 bits per heavy atom. The molecule has 0 bridgehead atoms. The fourth-order valence-corrected chi connectivity index (χ4v) is 2.23. The number of aromatic amines is 1. The van der Waals surface area contributed by atoms with Crippen LogP contribution in [0.2, 0.25) is 0 Å². The topological polar surface area (TPSA) is 73.4 Å². The highest BCUT2D eigenvalue weighted by atomic mass is 16.3. The SMILES string of the molecule is Cc1cc[nH]c(=O)c1C(=O)N1CCC(C)C(O)C1. The minimum atomic E-state index is -0.509. The van der Waals surface area contributed by atoms with E-state index in [0.29, 0.717) is 18.7 Å². The Kier molecular flexibility index (Phi) is 3.52. The van der Waals surface area contributed by atoms with Gasteiger partial charge in [-0.15, -0.1) is 0 Å². The monoisotopic (exact) mass is 250 g/mol. The third-order valence-electron chi connectivity index (χ3n) is 3.59. The molecule has 0 radical (unpaired) electrons. The largest absolute Gasteiger partial charge is 0.391 e. The van der Waals surface area contributed by atoms with Crippen LogP contribution in [-0.4, -0.2) is 40.1 Å². The van der Waals surface area contributed by atoms with E-state index in [2.05, 4.69) is 4.98 Å². The Labute approximate surface area is 105 Å². The molecule has 2 atom stereocenters. The van der Waals surface area contributed by atoms with Gasteiger partial charge in [0.05, 0.1) is 6.10 Å². The van der Waals surface area contributed by atoms with Crippen molar-refractivity contribution in [3.05, 3.63) is 33.7 Å². The standard InChI is InChI=1S/C13H18N2O3/c1-8-4-6-15(7-10(8)16)13(18)11-9(2)3-5-14-12(11)17/h3,5,8,10,16H,4,6-7H2,1-2H3,(H,14,17). The van der Waals surface area contributed by atoms with E-state index in [1.165, 1.54) is 6.20 Å². The summed E-state index contributed by atoms with van der Waals surface area (Å²) in [6.45, 7) is 4.59. The van der Waals surface area contributed by atoms with Gasteiger partial charge in [0.1, 0.15) is 5.56 Å². The molecule has 1 aromatic heterocycles. The second-order valence-corrected chi connectivity index (χ2v) is 4.95. The first kappa shape index (κ1) is 12.8. The molecule has 1 saturated heterocycles. The molecule has 1 amide bonds. The van der Waals surface area contributed by atoms with E-state index in [4.69, 9.17) is 0 Å². The maximum absolute atomic E-state index is 12.3. The van der Waals surface area contributed by atoms with E-state index in [-0.39, 0.29) is 22.9 Å². The van der Waals surface area contributed by atoms with Gasteiger partial charge >= 0.3 is 0 Å². The number of aryl methyl sites for hydroxylation is 1. The van der Waals surface area contributed by atoms with Crippen molar-refractivity contribution >= 4 is 5.91 Å². The van der Waals surface area contributed by atoms with E-state index in [9.17, 15) is 14.7 Å². The average molecular weight is 250 g/mol. The van der Waals surface area contributed by atoms with Crippen molar-refractivity contribution in [2.24, 2.45) is 5.92 Å². The summed E-state index contributed by atoms with van der Waals surface area (Å²) in [6.07, 6.45) is 1.78. The summed E-state index contributed by atoms with van der Waals surface area (Å²) in [5, 5.41) is 9.80. The Morgan fingerprint density at radius 1 is 1.56 bits per heavy atom. The number of piperidine rings is 1. The molecule has 0 aliphatic carbocycles. The molecular weight excluding hydrogens is 232 g/mol. The lowest BCUT2D eigenvalue weighted by atomic mass is 9.95. The highest BCUT2D eigenvalue weighted by Gasteiger charge is 2.29. The lowest BCUT2D eigenvalue weighted by Gasteiger charge is -2.34. The van der Waals surface area contributed by atoms with Crippen molar-refractivity contribution in [2.75, 3.05) is 13.1 Å². The second-order valence-electron chi connectivity index (χ2n) is 4.95. The number of nitrogens with one attached hydrogen (secondary N) is 1. The first-order valence-electron chi connectivity index (χ1n) is 6.16. The van der Waals surface area contributed by atoms with Crippen molar-refractivity contribution < 1.29 is 9.90 Å². The second kappa shape index (κ2) is 4.94. The van der Waals surface area contributed by atoms with Gasteiger partial charge in [-0.2, -0.15) is 0 Å². The molecule has 0 spiro atoms. The normalized spacial score (nSPS) is 24.1. The van der Waals surface area contributed by atoms with Crippen LogP contribution in [0.5, 0.6) is 0 Å². The summed E-state index contributed by atoms with van der Waals surface area (Å²) >= 11 is 0. The van der Waals surface area contributed by atoms with Crippen LogP contribution in [-0.2, 0) is 0 Å². The number of H-pyrrole nitrogens is 1. The number of carbonyl (C=O) groups excluding carboxylic acids is 1. The van der Waals surface area contributed by atoms with Crippen LogP contribution in [0.25, 0.3) is 0 Å². The highest BCUT2D eigenvalue weighted by molar-refractivity contribution is 5.95. The molecule has 2 N–H and O–H groups in total. The van der Waals surface area contributed by atoms with Gasteiger partial charge in [-0.1, -0.05) is 6.92 Å². The van der Waals surface area contributed by atoms with Crippen LogP contribution < -0.4 is 5.56 Å². The number of aliphatic hydroxyl groups is 1. The van der Waals surface area contributed by atoms with Crippen LogP contribution in [0.1, 0.15) is 29.3 Å². The maximum Gasteiger partial charge on any atom is 0.261 e. The molecule has 1 fully saturated rings. The van der Waals surface area contributed by atoms with Gasteiger partial charge in [0.15, 0.2) is 0 Å². The number of carbonyl (C=O) groups is 1. The minimum Gasteiger partial charge on any atom is -0.391 e. The minimum absolute atomic E-state index is 0.180. The Hall–Kier alpha value is -1.62. The summed E-state index contributed by atoms with van der Waals surface area (Å²) in [5.41, 5.74) is 0.476. The molecule has 5 heteroatoms. The smallest absolute Gasteiger partial charge is 0.261 e. The molecular formula is C13H18N2O3. The zero-order chi connectivity index (χ0) is 13.3. The van der Waals surface area contributed by atoms with E-state index >= 15 is 0 Å². The molecule has 1 aromatic rings. The Balaban J connectivity index is 2.25. The summed E-state index contributed by atoms with van der Waals surface area (Å²) < 4.78 is 0.